The standard InChI is InChI=1S/C17H18ClNO/c18-14-6-10-16(11-7-14)20-17(12-19-15-8-9-15)13-4-2-1-3-5-13/h1-7,10-11,15,17,19H,8-9,12H2. The molecule has 104 valence electrons. The van der Waals surface area contributed by atoms with Crippen LogP contribution in [-0.2, 0) is 0 Å². The van der Waals surface area contributed by atoms with Crippen LogP contribution >= 0.6 is 11.6 Å². The Bertz CT molecular complexity index is 537. The van der Waals surface area contributed by atoms with Crippen LogP contribution in [0, 0.1) is 0 Å². The molecular weight excluding hydrogens is 270 g/mol. The summed E-state index contributed by atoms with van der Waals surface area (Å²) in [5.74, 6) is 0.848. The second kappa shape index (κ2) is 6.29. The van der Waals surface area contributed by atoms with Gasteiger partial charge in [-0.1, -0.05) is 41.9 Å². The number of benzene rings is 2. The largest absolute Gasteiger partial charge is 0.484 e. The zero-order chi connectivity index (χ0) is 13.8. The van der Waals surface area contributed by atoms with Gasteiger partial charge in [0.05, 0.1) is 0 Å². The summed E-state index contributed by atoms with van der Waals surface area (Å²) in [5, 5.41) is 4.26. The maximum atomic E-state index is 6.11. The first-order valence-electron chi connectivity index (χ1n) is 7.02. The van der Waals surface area contributed by atoms with E-state index in [-0.39, 0.29) is 6.10 Å². The zero-order valence-corrected chi connectivity index (χ0v) is 12.0. The van der Waals surface area contributed by atoms with Crippen molar-refractivity contribution in [2.75, 3.05) is 6.54 Å². The second-order valence-electron chi connectivity index (χ2n) is 5.15. The van der Waals surface area contributed by atoms with Crippen LogP contribution in [0.25, 0.3) is 0 Å². The highest BCUT2D eigenvalue weighted by atomic mass is 35.5. The molecule has 3 rings (SSSR count). The monoisotopic (exact) mass is 287 g/mol. The van der Waals surface area contributed by atoms with Crippen molar-refractivity contribution in [1.29, 1.82) is 0 Å². The summed E-state index contributed by atoms with van der Waals surface area (Å²) in [4.78, 5) is 0. The van der Waals surface area contributed by atoms with Crippen LogP contribution in [0.2, 0.25) is 5.02 Å². The third kappa shape index (κ3) is 3.75. The summed E-state index contributed by atoms with van der Waals surface area (Å²) in [7, 11) is 0. The van der Waals surface area contributed by atoms with E-state index in [1.807, 2.05) is 42.5 Å². The molecule has 0 spiro atoms. The van der Waals surface area contributed by atoms with E-state index in [4.69, 9.17) is 16.3 Å². The van der Waals surface area contributed by atoms with Crippen molar-refractivity contribution in [2.45, 2.75) is 25.0 Å². The molecule has 1 atom stereocenters. The van der Waals surface area contributed by atoms with Crippen LogP contribution in [0.3, 0.4) is 0 Å². The van der Waals surface area contributed by atoms with E-state index in [1.54, 1.807) is 0 Å². The Morgan fingerprint density at radius 1 is 1.05 bits per heavy atom. The quantitative estimate of drug-likeness (QED) is 0.859. The molecule has 1 N–H and O–H groups in total. The van der Waals surface area contributed by atoms with Gasteiger partial charge in [-0.2, -0.15) is 0 Å². The van der Waals surface area contributed by atoms with Crippen molar-refractivity contribution in [3.63, 3.8) is 0 Å². The van der Waals surface area contributed by atoms with Gasteiger partial charge in [0.15, 0.2) is 0 Å². The predicted octanol–water partition coefficient (Wildman–Crippen LogP) is 4.21. The average Bonchev–Trinajstić information content (AvgIpc) is 3.31. The van der Waals surface area contributed by atoms with Gasteiger partial charge in [-0.3, -0.25) is 0 Å². The molecule has 0 aromatic heterocycles. The normalized spacial score (nSPS) is 15.8. The van der Waals surface area contributed by atoms with Crippen LogP contribution in [0.1, 0.15) is 24.5 Å². The van der Waals surface area contributed by atoms with E-state index in [9.17, 15) is 0 Å². The van der Waals surface area contributed by atoms with E-state index in [1.165, 1.54) is 18.4 Å². The van der Waals surface area contributed by atoms with Crippen molar-refractivity contribution in [3.05, 3.63) is 65.2 Å². The lowest BCUT2D eigenvalue weighted by Gasteiger charge is -2.20. The Morgan fingerprint density at radius 2 is 1.75 bits per heavy atom. The van der Waals surface area contributed by atoms with Gasteiger partial charge in [0, 0.05) is 17.6 Å². The van der Waals surface area contributed by atoms with Crippen LogP contribution in [0.5, 0.6) is 5.75 Å². The fraction of sp³-hybridized carbons (Fsp3) is 0.294. The fourth-order valence-electron chi connectivity index (χ4n) is 2.13. The van der Waals surface area contributed by atoms with Crippen LogP contribution < -0.4 is 10.1 Å². The molecule has 0 radical (unpaired) electrons. The molecule has 2 aromatic carbocycles. The summed E-state index contributed by atoms with van der Waals surface area (Å²) in [6, 6.07) is 18.5. The Balaban J connectivity index is 1.72. The predicted molar refractivity (Wildman–Crippen MR) is 82.3 cm³/mol. The average molecular weight is 288 g/mol. The Morgan fingerprint density at radius 3 is 2.40 bits per heavy atom. The van der Waals surface area contributed by atoms with Gasteiger partial charge in [-0.15, -0.1) is 0 Å². The van der Waals surface area contributed by atoms with Crippen molar-refractivity contribution >= 4 is 11.6 Å². The molecule has 2 aromatic rings. The highest BCUT2D eigenvalue weighted by Crippen LogP contribution is 2.25. The molecule has 0 amide bonds. The number of nitrogens with one attached hydrogen (secondary N) is 1. The molecule has 0 aliphatic heterocycles. The molecule has 0 bridgehead atoms. The summed E-state index contributed by atoms with van der Waals surface area (Å²) in [6.45, 7) is 0.831. The van der Waals surface area contributed by atoms with Crippen molar-refractivity contribution in [3.8, 4) is 5.75 Å². The Labute approximate surface area is 124 Å². The Kier molecular flexibility index (Phi) is 4.24. The van der Waals surface area contributed by atoms with Gasteiger partial charge in [-0.25, -0.2) is 0 Å². The summed E-state index contributed by atoms with van der Waals surface area (Å²) >= 11 is 5.91. The minimum absolute atomic E-state index is 0.0259. The van der Waals surface area contributed by atoms with E-state index >= 15 is 0 Å². The molecule has 20 heavy (non-hydrogen) atoms. The van der Waals surface area contributed by atoms with Gasteiger partial charge in [0.1, 0.15) is 11.9 Å². The van der Waals surface area contributed by atoms with Gasteiger partial charge < -0.3 is 10.1 Å². The lowest BCUT2D eigenvalue weighted by molar-refractivity contribution is 0.201. The first-order valence-corrected chi connectivity index (χ1v) is 7.39. The summed E-state index contributed by atoms with van der Waals surface area (Å²) in [6.07, 6.45) is 2.59. The van der Waals surface area contributed by atoms with Crippen LogP contribution in [-0.4, -0.2) is 12.6 Å². The zero-order valence-electron chi connectivity index (χ0n) is 11.3. The number of hydrogen-bond donors (Lipinski definition) is 1. The van der Waals surface area contributed by atoms with E-state index < -0.39 is 0 Å². The van der Waals surface area contributed by atoms with Crippen LogP contribution in [0.15, 0.2) is 54.6 Å². The first kappa shape index (κ1) is 13.5. The fourth-order valence-corrected chi connectivity index (χ4v) is 2.26. The lowest BCUT2D eigenvalue weighted by Crippen LogP contribution is -2.26. The minimum atomic E-state index is 0.0259. The summed E-state index contributed by atoms with van der Waals surface area (Å²) < 4.78 is 6.11. The second-order valence-corrected chi connectivity index (χ2v) is 5.59. The highest BCUT2D eigenvalue weighted by molar-refractivity contribution is 6.30. The van der Waals surface area contributed by atoms with E-state index in [2.05, 4.69) is 17.4 Å². The van der Waals surface area contributed by atoms with Crippen molar-refractivity contribution in [1.82, 2.24) is 5.32 Å². The molecule has 0 saturated heterocycles. The molecular formula is C17H18ClNO. The molecule has 1 aliphatic rings. The number of rotatable bonds is 6. The van der Waals surface area contributed by atoms with Crippen molar-refractivity contribution < 1.29 is 4.74 Å². The van der Waals surface area contributed by atoms with Crippen molar-refractivity contribution in [2.24, 2.45) is 0 Å². The number of hydrogen-bond acceptors (Lipinski definition) is 2. The Hall–Kier alpha value is -1.51. The number of ether oxygens (including phenoxy) is 1. The van der Waals surface area contributed by atoms with Gasteiger partial charge >= 0.3 is 0 Å². The smallest absolute Gasteiger partial charge is 0.136 e. The molecule has 2 nitrogen and oxygen atoms in total. The van der Waals surface area contributed by atoms with Gasteiger partial charge in [0.25, 0.3) is 0 Å². The molecule has 1 fully saturated rings. The molecule has 1 aliphatic carbocycles. The van der Waals surface area contributed by atoms with E-state index in [0.717, 1.165) is 17.3 Å². The SMILES string of the molecule is Clc1ccc(OC(CNC2CC2)c2ccccc2)cc1. The minimum Gasteiger partial charge on any atom is -0.484 e. The summed E-state index contributed by atoms with van der Waals surface area (Å²) in [5.41, 5.74) is 1.19. The maximum absolute atomic E-state index is 6.11. The highest BCUT2D eigenvalue weighted by Gasteiger charge is 2.23. The third-order valence-corrected chi connectivity index (χ3v) is 3.68. The third-order valence-electron chi connectivity index (χ3n) is 3.43. The van der Waals surface area contributed by atoms with Crippen LogP contribution in [0.4, 0.5) is 0 Å². The lowest BCUT2D eigenvalue weighted by atomic mass is 10.1. The first-order chi connectivity index (χ1) is 9.81. The molecule has 0 heterocycles. The molecule has 1 saturated carbocycles. The van der Waals surface area contributed by atoms with E-state index in [0.29, 0.717) is 6.04 Å². The maximum Gasteiger partial charge on any atom is 0.136 e. The molecule has 1 unspecified atom stereocenters. The molecule has 3 heteroatoms. The number of halogens is 1. The van der Waals surface area contributed by atoms with Gasteiger partial charge in [0.2, 0.25) is 0 Å². The van der Waals surface area contributed by atoms with Gasteiger partial charge in [-0.05, 0) is 42.7 Å². The topological polar surface area (TPSA) is 21.3 Å².